The standard InChI is InChI=1S/C28H30N4O4/c29-26(33)21-11-13-32(14-12-21)17-19-5-4-8-23(16-19)31-28(35)22-7-3-6-20(15-22)18-36-25-10-2-1-9-24(25)27(30)34/h1-10,15-16,21H,11-14,17-18H2,(H2,29,33)(H2,30,34)(H,31,35). The zero-order valence-corrected chi connectivity index (χ0v) is 20.0. The molecule has 1 heterocycles. The lowest BCUT2D eigenvalue weighted by molar-refractivity contribution is -0.123. The highest BCUT2D eigenvalue weighted by atomic mass is 16.5. The Kier molecular flexibility index (Phi) is 7.97. The van der Waals surface area contributed by atoms with E-state index in [4.69, 9.17) is 16.2 Å². The highest BCUT2D eigenvalue weighted by Crippen LogP contribution is 2.21. The second-order valence-electron chi connectivity index (χ2n) is 8.96. The number of ether oxygens (including phenoxy) is 1. The van der Waals surface area contributed by atoms with Crippen molar-refractivity contribution in [3.63, 3.8) is 0 Å². The summed E-state index contributed by atoms with van der Waals surface area (Å²) in [5, 5.41) is 2.96. The first kappa shape index (κ1) is 24.9. The van der Waals surface area contributed by atoms with Gasteiger partial charge in [0.15, 0.2) is 0 Å². The molecule has 8 nitrogen and oxygen atoms in total. The third-order valence-corrected chi connectivity index (χ3v) is 6.32. The first-order valence-corrected chi connectivity index (χ1v) is 11.9. The molecule has 3 amide bonds. The zero-order chi connectivity index (χ0) is 25.5. The average Bonchev–Trinajstić information content (AvgIpc) is 2.88. The molecule has 0 radical (unpaired) electrons. The number of benzene rings is 3. The van der Waals surface area contributed by atoms with E-state index in [0.717, 1.165) is 43.6 Å². The number of hydrogen-bond acceptors (Lipinski definition) is 5. The molecule has 1 aliphatic heterocycles. The summed E-state index contributed by atoms with van der Waals surface area (Å²) >= 11 is 0. The summed E-state index contributed by atoms with van der Waals surface area (Å²) in [7, 11) is 0. The molecule has 1 aliphatic rings. The van der Waals surface area contributed by atoms with Gasteiger partial charge in [0.25, 0.3) is 11.8 Å². The lowest BCUT2D eigenvalue weighted by atomic mass is 9.96. The molecule has 0 bridgehead atoms. The van der Waals surface area contributed by atoms with Crippen LogP contribution in [0.25, 0.3) is 0 Å². The van der Waals surface area contributed by atoms with Gasteiger partial charge in [-0.15, -0.1) is 0 Å². The van der Waals surface area contributed by atoms with Gasteiger partial charge >= 0.3 is 0 Å². The largest absolute Gasteiger partial charge is 0.488 e. The van der Waals surface area contributed by atoms with Crippen LogP contribution in [0.1, 0.15) is 44.7 Å². The van der Waals surface area contributed by atoms with Gasteiger partial charge in [-0.3, -0.25) is 19.3 Å². The predicted molar refractivity (Wildman–Crippen MR) is 137 cm³/mol. The van der Waals surface area contributed by atoms with Crippen LogP contribution in [0.5, 0.6) is 5.75 Å². The first-order chi connectivity index (χ1) is 17.4. The summed E-state index contributed by atoms with van der Waals surface area (Å²) in [6.07, 6.45) is 1.56. The van der Waals surface area contributed by atoms with E-state index < -0.39 is 5.91 Å². The highest BCUT2D eigenvalue weighted by molar-refractivity contribution is 6.04. The zero-order valence-electron chi connectivity index (χ0n) is 20.0. The van der Waals surface area contributed by atoms with Gasteiger partial charge in [-0.05, 0) is 73.5 Å². The summed E-state index contributed by atoms with van der Waals surface area (Å²) < 4.78 is 5.78. The normalized spacial score (nSPS) is 14.2. The van der Waals surface area contributed by atoms with Crippen molar-refractivity contribution in [3.8, 4) is 5.75 Å². The van der Waals surface area contributed by atoms with Crippen LogP contribution in [0.15, 0.2) is 72.8 Å². The van der Waals surface area contributed by atoms with Gasteiger partial charge in [-0.25, -0.2) is 0 Å². The maximum absolute atomic E-state index is 12.9. The number of piperidine rings is 1. The molecule has 0 atom stereocenters. The molecule has 0 saturated carbocycles. The summed E-state index contributed by atoms with van der Waals surface area (Å²) in [6, 6.07) is 21.7. The van der Waals surface area contributed by atoms with Gasteiger partial charge in [-0.2, -0.15) is 0 Å². The van der Waals surface area contributed by atoms with Gasteiger partial charge in [0.2, 0.25) is 5.91 Å². The van der Waals surface area contributed by atoms with Gasteiger partial charge in [-0.1, -0.05) is 36.4 Å². The Morgan fingerprint density at radius 1 is 0.889 bits per heavy atom. The minimum absolute atomic E-state index is 0.0362. The van der Waals surface area contributed by atoms with Crippen molar-refractivity contribution in [1.29, 1.82) is 0 Å². The van der Waals surface area contributed by atoms with E-state index in [2.05, 4.69) is 10.2 Å². The van der Waals surface area contributed by atoms with Crippen molar-refractivity contribution in [1.82, 2.24) is 4.90 Å². The van der Waals surface area contributed by atoms with E-state index in [1.165, 1.54) is 0 Å². The van der Waals surface area contributed by atoms with Crippen LogP contribution in [0.4, 0.5) is 5.69 Å². The Morgan fingerprint density at radius 2 is 1.61 bits per heavy atom. The summed E-state index contributed by atoms with van der Waals surface area (Å²) in [5.74, 6) is -0.642. The Labute approximate surface area is 210 Å². The minimum Gasteiger partial charge on any atom is -0.488 e. The molecular formula is C28H30N4O4. The summed E-state index contributed by atoms with van der Waals surface area (Å²) in [6.45, 7) is 2.58. The van der Waals surface area contributed by atoms with Crippen molar-refractivity contribution in [3.05, 3.63) is 95.1 Å². The van der Waals surface area contributed by atoms with E-state index in [1.54, 1.807) is 42.5 Å². The molecule has 36 heavy (non-hydrogen) atoms. The van der Waals surface area contributed by atoms with E-state index in [-0.39, 0.29) is 24.3 Å². The van der Waals surface area contributed by atoms with Gasteiger partial charge in [0.05, 0.1) is 5.56 Å². The molecule has 186 valence electrons. The highest BCUT2D eigenvalue weighted by Gasteiger charge is 2.23. The Hall–Kier alpha value is -4.17. The van der Waals surface area contributed by atoms with Crippen LogP contribution in [0.2, 0.25) is 0 Å². The molecule has 8 heteroatoms. The molecular weight excluding hydrogens is 456 g/mol. The lowest BCUT2D eigenvalue weighted by Crippen LogP contribution is -2.38. The Bertz CT molecular complexity index is 1250. The summed E-state index contributed by atoms with van der Waals surface area (Å²) in [5.41, 5.74) is 14.2. The van der Waals surface area contributed by atoms with Crippen LogP contribution in [0.3, 0.4) is 0 Å². The van der Waals surface area contributed by atoms with Gasteiger partial charge in [0.1, 0.15) is 12.4 Å². The monoisotopic (exact) mass is 486 g/mol. The van der Waals surface area contributed by atoms with Crippen LogP contribution < -0.4 is 21.5 Å². The van der Waals surface area contributed by atoms with Crippen molar-refractivity contribution < 1.29 is 19.1 Å². The number of amides is 3. The number of anilines is 1. The Morgan fingerprint density at radius 3 is 2.36 bits per heavy atom. The predicted octanol–water partition coefficient (Wildman–Crippen LogP) is 3.31. The third kappa shape index (κ3) is 6.49. The number of para-hydroxylation sites is 1. The molecule has 5 N–H and O–H groups in total. The lowest BCUT2D eigenvalue weighted by Gasteiger charge is -2.30. The van der Waals surface area contributed by atoms with Crippen LogP contribution in [-0.2, 0) is 17.9 Å². The SMILES string of the molecule is NC(=O)c1ccccc1OCc1cccc(C(=O)Nc2cccc(CN3CCC(C(N)=O)CC3)c2)c1. The smallest absolute Gasteiger partial charge is 0.255 e. The molecule has 3 aromatic rings. The number of rotatable bonds is 9. The van der Waals surface area contributed by atoms with Crippen molar-refractivity contribution in [2.24, 2.45) is 17.4 Å². The summed E-state index contributed by atoms with van der Waals surface area (Å²) in [4.78, 5) is 38.2. The average molecular weight is 487 g/mol. The fourth-order valence-electron chi connectivity index (χ4n) is 4.34. The number of carbonyl (C=O) groups is 3. The quantitative estimate of drug-likeness (QED) is 0.428. The number of nitrogens with one attached hydrogen (secondary N) is 1. The second kappa shape index (κ2) is 11.5. The van der Waals surface area contributed by atoms with Crippen LogP contribution in [0, 0.1) is 5.92 Å². The number of hydrogen-bond donors (Lipinski definition) is 3. The third-order valence-electron chi connectivity index (χ3n) is 6.32. The number of primary amides is 2. The molecule has 0 aromatic heterocycles. The van der Waals surface area contributed by atoms with E-state index in [9.17, 15) is 14.4 Å². The number of carbonyl (C=O) groups excluding carboxylic acids is 3. The topological polar surface area (TPSA) is 128 Å². The number of nitrogens with zero attached hydrogens (tertiary/aromatic N) is 1. The molecule has 0 aliphatic carbocycles. The molecule has 1 saturated heterocycles. The first-order valence-electron chi connectivity index (χ1n) is 11.9. The molecule has 1 fully saturated rings. The minimum atomic E-state index is -0.559. The molecule has 0 spiro atoms. The molecule has 3 aromatic carbocycles. The Balaban J connectivity index is 1.35. The second-order valence-corrected chi connectivity index (χ2v) is 8.96. The number of nitrogens with two attached hydrogens (primary N) is 2. The van der Waals surface area contributed by atoms with Crippen molar-refractivity contribution >= 4 is 23.4 Å². The van der Waals surface area contributed by atoms with Gasteiger partial charge in [0, 0.05) is 23.7 Å². The van der Waals surface area contributed by atoms with Crippen molar-refractivity contribution in [2.75, 3.05) is 18.4 Å². The fraction of sp³-hybridized carbons (Fsp3) is 0.250. The van der Waals surface area contributed by atoms with E-state index in [1.807, 2.05) is 30.3 Å². The van der Waals surface area contributed by atoms with Gasteiger partial charge < -0.3 is 21.5 Å². The maximum atomic E-state index is 12.9. The van der Waals surface area contributed by atoms with Crippen LogP contribution >= 0.6 is 0 Å². The van der Waals surface area contributed by atoms with Crippen LogP contribution in [-0.4, -0.2) is 35.7 Å². The van der Waals surface area contributed by atoms with Crippen molar-refractivity contribution in [2.45, 2.75) is 26.0 Å². The van der Waals surface area contributed by atoms with E-state index in [0.29, 0.717) is 22.6 Å². The maximum Gasteiger partial charge on any atom is 0.255 e. The molecule has 0 unspecified atom stereocenters. The fourth-order valence-corrected chi connectivity index (χ4v) is 4.34. The van der Waals surface area contributed by atoms with E-state index >= 15 is 0 Å². The molecule has 4 rings (SSSR count). The number of likely N-dealkylation sites (tertiary alicyclic amines) is 1.